The Morgan fingerprint density at radius 1 is 1.38 bits per heavy atom. The molecule has 0 aromatic heterocycles. The van der Waals surface area contributed by atoms with E-state index >= 15 is 0 Å². The Kier molecular flexibility index (Phi) is 4.62. The van der Waals surface area contributed by atoms with Crippen molar-refractivity contribution in [2.45, 2.75) is 38.5 Å². The van der Waals surface area contributed by atoms with Crippen LogP contribution in [0, 0.1) is 17.3 Å². The van der Waals surface area contributed by atoms with Crippen molar-refractivity contribution in [2.75, 3.05) is 13.7 Å². The Morgan fingerprint density at radius 3 is 2.38 bits per heavy atom. The van der Waals surface area contributed by atoms with Crippen LogP contribution in [0.5, 0.6) is 0 Å². The largest absolute Gasteiger partial charge is 0.469 e. The smallest absolute Gasteiger partial charge is 0.308 e. The molecule has 1 spiro atoms. The minimum absolute atomic E-state index is 0. The lowest BCUT2D eigenvalue weighted by Crippen LogP contribution is -2.43. The van der Waals surface area contributed by atoms with Gasteiger partial charge in [0.05, 0.1) is 13.0 Å². The van der Waals surface area contributed by atoms with E-state index < -0.39 is 0 Å². The average molecular weight is 248 g/mol. The summed E-state index contributed by atoms with van der Waals surface area (Å²) in [6.45, 7) is 0.835. The zero-order valence-corrected chi connectivity index (χ0v) is 10.7. The summed E-state index contributed by atoms with van der Waals surface area (Å²) in [5, 5.41) is 0. The van der Waals surface area contributed by atoms with Gasteiger partial charge in [-0.1, -0.05) is 0 Å². The second-order valence-corrected chi connectivity index (χ2v) is 5.31. The fourth-order valence-corrected chi connectivity index (χ4v) is 3.37. The van der Waals surface area contributed by atoms with E-state index in [1.807, 2.05) is 0 Å². The number of halogens is 1. The fourth-order valence-electron chi connectivity index (χ4n) is 3.37. The zero-order chi connectivity index (χ0) is 10.9. The van der Waals surface area contributed by atoms with E-state index in [2.05, 4.69) is 0 Å². The molecule has 2 fully saturated rings. The van der Waals surface area contributed by atoms with Crippen molar-refractivity contribution in [2.24, 2.45) is 23.0 Å². The predicted octanol–water partition coefficient (Wildman–Crippen LogP) is 2.13. The molecule has 0 radical (unpaired) electrons. The third-order valence-corrected chi connectivity index (χ3v) is 4.36. The molecule has 0 heterocycles. The molecule has 2 aliphatic rings. The third-order valence-electron chi connectivity index (χ3n) is 4.36. The first-order chi connectivity index (χ1) is 7.19. The number of ether oxygens (including phenoxy) is 1. The molecule has 0 aromatic carbocycles. The molecule has 3 nitrogen and oxygen atoms in total. The van der Waals surface area contributed by atoms with Crippen LogP contribution in [0.4, 0.5) is 0 Å². The van der Waals surface area contributed by atoms with Crippen molar-refractivity contribution in [1.29, 1.82) is 0 Å². The second kappa shape index (κ2) is 5.37. The maximum Gasteiger partial charge on any atom is 0.308 e. The van der Waals surface area contributed by atoms with Crippen LogP contribution in [0.1, 0.15) is 38.5 Å². The average Bonchev–Trinajstić information content (AvgIpc) is 2.25. The third kappa shape index (κ3) is 2.51. The van der Waals surface area contributed by atoms with Crippen LogP contribution in [0.15, 0.2) is 0 Å². The molecule has 0 aliphatic heterocycles. The van der Waals surface area contributed by atoms with E-state index in [0.29, 0.717) is 5.41 Å². The summed E-state index contributed by atoms with van der Waals surface area (Å²) in [6, 6.07) is 0. The van der Waals surface area contributed by atoms with E-state index in [1.165, 1.54) is 32.8 Å². The lowest BCUT2D eigenvalue weighted by Gasteiger charge is -2.51. The molecular formula is C12H22ClNO2. The molecule has 2 saturated carbocycles. The summed E-state index contributed by atoms with van der Waals surface area (Å²) in [5.41, 5.74) is 6.20. The molecule has 0 saturated heterocycles. The van der Waals surface area contributed by atoms with Crippen molar-refractivity contribution in [3.63, 3.8) is 0 Å². The van der Waals surface area contributed by atoms with Gasteiger partial charge >= 0.3 is 5.97 Å². The molecule has 0 unspecified atom stereocenters. The van der Waals surface area contributed by atoms with E-state index in [9.17, 15) is 4.79 Å². The highest BCUT2D eigenvalue weighted by Crippen LogP contribution is 2.55. The van der Waals surface area contributed by atoms with Gasteiger partial charge < -0.3 is 10.5 Å². The van der Waals surface area contributed by atoms with Gasteiger partial charge in [0.2, 0.25) is 0 Å². The number of esters is 1. The first-order valence-corrected chi connectivity index (χ1v) is 5.97. The topological polar surface area (TPSA) is 52.3 Å². The molecule has 0 bridgehead atoms. The lowest BCUT2D eigenvalue weighted by atomic mass is 9.54. The monoisotopic (exact) mass is 247 g/mol. The van der Waals surface area contributed by atoms with Gasteiger partial charge in [0, 0.05) is 0 Å². The molecule has 16 heavy (non-hydrogen) atoms. The van der Waals surface area contributed by atoms with Gasteiger partial charge in [-0.3, -0.25) is 4.79 Å². The van der Waals surface area contributed by atoms with E-state index in [1.54, 1.807) is 0 Å². The summed E-state index contributed by atoms with van der Waals surface area (Å²) in [4.78, 5) is 11.4. The number of carbonyl (C=O) groups is 1. The van der Waals surface area contributed by atoms with Crippen molar-refractivity contribution < 1.29 is 9.53 Å². The molecule has 4 heteroatoms. The highest BCUT2D eigenvalue weighted by molar-refractivity contribution is 5.85. The minimum atomic E-state index is -0.0143. The first kappa shape index (κ1) is 13.8. The Bertz CT molecular complexity index is 241. The summed E-state index contributed by atoms with van der Waals surface area (Å²) >= 11 is 0. The van der Waals surface area contributed by atoms with Crippen LogP contribution in [0.2, 0.25) is 0 Å². The van der Waals surface area contributed by atoms with Crippen molar-refractivity contribution in [3.05, 3.63) is 0 Å². The van der Waals surface area contributed by atoms with E-state index in [0.717, 1.165) is 25.3 Å². The maximum atomic E-state index is 11.4. The van der Waals surface area contributed by atoms with Gasteiger partial charge in [-0.25, -0.2) is 0 Å². The van der Waals surface area contributed by atoms with Gasteiger partial charge in [-0.15, -0.1) is 12.4 Å². The Balaban J connectivity index is 0.00000128. The highest BCUT2D eigenvalue weighted by atomic mass is 35.5. The Labute approximate surface area is 104 Å². The number of hydrogen-bond acceptors (Lipinski definition) is 3. The molecule has 0 aromatic rings. The second-order valence-electron chi connectivity index (χ2n) is 5.31. The zero-order valence-electron chi connectivity index (χ0n) is 9.91. The minimum Gasteiger partial charge on any atom is -0.469 e. The molecule has 2 rings (SSSR count). The van der Waals surface area contributed by atoms with Crippen LogP contribution in [0.25, 0.3) is 0 Å². The predicted molar refractivity (Wildman–Crippen MR) is 65.4 cm³/mol. The first-order valence-electron chi connectivity index (χ1n) is 5.97. The molecular weight excluding hydrogens is 226 g/mol. The number of carbonyl (C=O) groups excluding carboxylic acids is 1. The van der Waals surface area contributed by atoms with E-state index in [-0.39, 0.29) is 24.3 Å². The van der Waals surface area contributed by atoms with Crippen LogP contribution in [0.3, 0.4) is 0 Å². The van der Waals surface area contributed by atoms with E-state index in [4.69, 9.17) is 10.5 Å². The number of nitrogens with two attached hydrogens (primary N) is 1. The van der Waals surface area contributed by atoms with Crippen molar-refractivity contribution in [1.82, 2.24) is 0 Å². The number of rotatable bonds is 2. The molecule has 2 N–H and O–H groups in total. The molecule has 2 aliphatic carbocycles. The van der Waals surface area contributed by atoms with Gasteiger partial charge in [-0.05, 0) is 56.4 Å². The van der Waals surface area contributed by atoms with Crippen LogP contribution >= 0.6 is 12.4 Å². The normalized spacial score (nSPS) is 37.4. The van der Waals surface area contributed by atoms with Gasteiger partial charge in [0.15, 0.2) is 0 Å². The SMILES string of the molecule is COC(=O)C1CCC2(CC1)CC(CN)C2.Cl. The summed E-state index contributed by atoms with van der Waals surface area (Å²) < 4.78 is 4.79. The van der Waals surface area contributed by atoms with Gasteiger partial charge in [-0.2, -0.15) is 0 Å². The molecule has 0 amide bonds. The number of hydrogen-bond donors (Lipinski definition) is 1. The van der Waals surface area contributed by atoms with Gasteiger partial charge in [0.25, 0.3) is 0 Å². The van der Waals surface area contributed by atoms with Crippen LogP contribution in [-0.4, -0.2) is 19.6 Å². The molecule has 94 valence electrons. The van der Waals surface area contributed by atoms with Gasteiger partial charge in [0.1, 0.15) is 0 Å². The highest BCUT2D eigenvalue weighted by Gasteiger charge is 2.46. The summed E-state index contributed by atoms with van der Waals surface area (Å²) in [5.74, 6) is 0.900. The van der Waals surface area contributed by atoms with Crippen LogP contribution in [-0.2, 0) is 9.53 Å². The standard InChI is InChI=1S/C12H21NO2.ClH/c1-15-11(14)10-2-4-12(5-3-10)6-9(7-12)8-13;/h9-10H,2-8,13H2,1H3;1H. The molecule has 0 atom stereocenters. The quantitative estimate of drug-likeness (QED) is 0.761. The van der Waals surface area contributed by atoms with Crippen LogP contribution < -0.4 is 5.73 Å². The summed E-state index contributed by atoms with van der Waals surface area (Å²) in [7, 11) is 1.49. The lowest BCUT2D eigenvalue weighted by molar-refractivity contribution is -0.148. The summed E-state index contributed by atoms with van der Waals surface area (Å²) in [6.07, 6.45) is 7.01. The Morgan fingerprint density at radius 2 is 1.94 bits per heavy atom. The fraction of sp³-hybridized carbons (Fsp3) is 0.917. The number of methoxy groups -OCH3 is 1. The van der Waals surface area contributed by atoms with Crippen molar-refractivity contribution in [3.8, 4) is 0 Å². The Hall–Kier alpha value is -0.280. The maximum absolute atomic E-state index is 11.4. The van der Waals surface area contributed by atoms with Crippen molar-refractivity contribution >= 4 is 18.4 Å².